The molecule has 10 heteroatoms. The summed E-state index contributed by atoms with van der Waals surface area (Å²) in [4.78, 5) is 46.5. The Labute approximate surface area is 173 Å². The standard InChI is InChI=1S/C19H16BrN3O6/c1-11(19(26)27)21-18(25)16(10-12-5-4-6-13(9-12)23(28)29)22-17(24)14-7-2-3-8-15(14)20/h2-11H,1H3,(H,21,25)(H,22,24)(H,26,27)/b16-10-/t11-/m0/s1. The van der Waals surface area contributed by atoms with Crippen molar-refractivity contribution < 1.29 is 24.4 Å². The first kappa shape index (κ1) is 21.8. The maximum absolute atomic E-state index is 12.6. The summed E-state index contributed by atoms with van der Waals surface area (Å²) in [5.41, 5.74) is 0.0603. The zero-order valence-corrected chi connectivity index (χ0v) is 16.7. The summed E-state index contributed by atoms with van der Waals surface area (Å²) in [7, 11) is 0. The summed E-state index contributed by atoms with van der Waals surface area (Å²) in [6, 6.07) is 10.7. The van der Waals surface area contributed by atoms with E-state index in [0.29, 0.717) is 4.47 Å². The number of non-ortho nitro benzene ring substituents is 1. The van der Waals surface area contributed by atoms with E-state index in [9.17, 15) is 24.5 Å². The van der Waals surface area contributed by atoms with Crippen molar-refractivity contribution in [2.24, 2.45) is 0 Å². The second kappa shape index (κ2) is 9.60. The SMILES string of the molecule is C[C@H](NC(=O)/C(=C/c1cccc([N+](=O)[O-])c1)NC(=O)c1ccccc1Br)C(=O)O. The Kier molecular flexibility index (Phi) is 7.21. The van der Waals surface area contributed by atoms with E-state index in [1.807, 2.05) is 0 Å². The quantitative estimate of drug-likeness (QED) is 0.329. The molecule has 150 valence electrons. The molecular weight excluding hydrogens is 446 g/mol. The number of carbonyl (C=O) groups is 3. The molecule has 2 aromatic rings. The number of nitrogens with zero attached hydrogens (tertiary/aromatic N) is 1. The fourth-order valence-electron chi connectivity index (χ4n) is 2.22. The Morgan fingerprint density at radius 3 is 2.48 bits per heavy atom. The molecule has 0 spiro atoms. The molecule has 0 saturated heterocycles. The molecule has 0 saturated carbocycles. The average molecular weight is 462 g/mol. The van der Waals surface area contributed by atoms with Gasteiger partial charge in [-0.25, -0.2) is 0 Å². The summed E-state index contributed by atoms with van der Waals surface area (Å²) in [5.74, 6) is -2.73. The van der Waals surface area contributed by atoms with Crippen molar-refractivity contribution in [2.45, 2.75) is 13.0 Å². The van der Waals surface area contributed by atoms with Gasteiger partial charge in [0.05, 0.1) is 10.5 Å². The van der Waals surface area contributed by atoms with Crippen LogP contribution in [-0.2, 0) is 9.59 Å². The van der Waals surface area contributed by atoms with E-state index in [2.05, 4.69) is 26.6 Å². The third-order valence-electron chi connectivity index (χ3n) is 3.72. The minimum atomic E-state index is -1.26. The first-order valence-corrected chi connectivity index (χ1v) is 9.04. The van der Waals surface area contributed by atoms with Crippen LogP contribution < -0.4 is 10.6 Å². The summed E-state index contributed by atoms with van der Waals surface area (Å²) < 4.78 is 0.492. The summed E-state index contributed by atoms with van der Waals surface area (Å²) in [6.07, 6.45) is 1.23. The van der Waals surface area contributed by atoms with Gasteiger partial charge >= 0.3 is 5.97 Å². The molecule has 0 aromatic heterocycles. The van der Waals surface area contributed by atoms with Crippen LogP contribution in [0.3, 0.4) is 0 Å². The van der Waals surface area contributed by atoms with E-state index in [-0.39, 0.29) is 22.5 Å². The van der Waals surface area contributed by atoms with Gasteiger partial charge in [0.25, 0.3) is 17.5 Å². The fourth-order valence-corrected chi connectivity index (χ4v) is 2.69. The lowest BCUT2D eigenvalue weighted by molar-refractivity contribution is -0.384. The van der Waals surface area contributed by atoms with E-state index in [1.54, 1.807) is 18.2 Å². The first-order chi connectivity index (χ1) is 13.7. The van der Waals surface area contributed by atoms with Gasteiger partial charge in [-0.1, -0.05) is 24.3 Å². The van der Waals surface area contributed by atoms with Gasteiger partial charge in [-0.2, -0.15) is 0 Å². The topological polar surface area (TPSA) is 139 Å². The zero-order valence-electron chi connectivity index (χ0n) is 15.1. The van der Waals surface area contributed by atoms with E-state index in [4.69, 9.17) is 5.11 Å². The van der Waals surface area contributed by atoms with Crippen LogP contribution in [0.5, 0.6) is 0 Å². The number of rotatable bonds is 7. The highest BCUT2D eigenvalue weighted by atomic mass is 79.9. The predicted molar refractivity (Wildman–Crippen MR) is 108 cm³/mol. The van der Waals surface area contributed by atoms with Crippen LogP contribution in [0.1, 0.15) is 22.8 Å². The molecule has 2 rings (SSSR count). The number of nitro groups is 1. The molecule has 2 aromatic carbocycles. The lowest BCUT2D eigenvalue weighted by Gasteiger charge is -2.14. The van der Waals surface area contributed by atoms with Crippen molar-refractivity contribution >= 4 is 45.5 Å². The van der Waals surface area contributed by atoms with Crippen molar-refractivity contribution in [3.8, 4) is 0 Å². The van der Waals surface area contributed by atoms with Crippen LogP contribution in [0.15, 0.2) is 58.7 Å². The molecule has 0 fully saturated rings. The molecule has 0 unspecified atom stereocenters. The van der Waals surface area contributed by atoms with Gasteiger partial charge in [-0.15, -0.1) is 0 Å². The van der Waals surface area contributed by atoms with Gasteiger partial charge in [0.1, 0.15) is 11.7 Å². The van der Waals surface area contributed by atoms with Gasteiger partial charge in [0.15, 0.2) is 0 Å². The third-order valence-corrected chi connectivity index (χ3v) is 4.41. The number of amides is 2. The largest absolute Gasteiger partial charge is 0.480 e. The highest BCUT2D eigenvalue weighted by Gasteiger charge is 2.20. The predicted octanol–water partition coefficient (Wildman–Crippen LogP) is 2.72. The number of hydrogen-bond acceptors (Lipinski definition) is 5. The maximum Gasteiger partial charge on any atom is 0.325 e. The second-order valence-electron chi connectivity index (χ2n) is 5.88. The Morgan fingerprint density at radius 2 is 1.86 bits per heavy atom. The smallest absolute Gasteiger partial charge is 0.325 e. The lowest BCUT2D eigenvalue weighted by atomic mass is 10.1. The van der Waals surface area contributed by atoms with Crippen LogP contribution in [0.25, 0.3) is 6.08 Å². The lowest BCUT2D eigenvalue weighted by Crippen LogP contribution is -2.42. The number of hydrogen-bond donors (Lipinski definition) is 3. The molecule has 29 heavy (non-hydrogen) atoms. The van der Waals surface area contributed by atoms with Crippen molar-refractivity contribution in [1.82, 2.24) is 10.6 Å². The number of nitro benzene ring substituents is 1. The number of carboxylic acid groups (broad SMARTS) is 1. The summed E-state index contributed by atoms with van der Waals surface area (Å²) in [5, 5.41) is 24.6. The van der Waals surface area contributed by atoms with Gasteiger partial charge < -0.3 is 15.7 Å². The van der Waals surface area contributed by atoms with Crippen LogP contribution >= 0.6 is 15.9 Å². The van der Waals surface area contributed by atoms with Crippen LogP contribution in [0.2, 0.25) is 0 Å². The first-order valence-electron chi connectivity index (χ1n) is 8.24. The molecule has 0 aliphatic heterocycles. The number of halogens is 1. The number of carbonyl (C=O) groups excluding carboxylic acids is 2. The normalized spacial score (nSPS) is 12.0. The molecule has 2 amide bonds. The van der Waals surface area contributed by atoms with Crippen molar-refractivity contribution in [2.75, 3.05) is 0 Å². The Morgan fingerprint density at radius 1 is 1.17 bits per heavy atom. The highest BCUT2D eigenvalue weighted by molar-refractivity contribution is 9.10. The molecule has 0 bridgehead atoms. The molecule has 3 N–H and O–H groups in total. The van der Waals surface area contributed by atoms with Crippen molar-refractivity contribution in [3.63, 3.8) is 0 Å². The monoisotopic (exact) mass is 461 g/mol. The van der Waals surface area contributed by atoms with Gasteiger partial charge in [-0.05, 0) is 46.6 Å². The van der Waals surface area contributed by atoms with Crippen LogP contribution in [-0.4, -0.2) is 33.9 Å². The minimum absolute atomic E-state index is 0.199. The van der Waals surface area contributed by atoms with E-state index in [0.717, 1.165) is 0 Å². The Hall–Kier alpha value is -3.53. The molecule has 0 aliphatic rings. The van der Waals surface area contributed by atoms with E-state index >= 15 is 0 Å². The zero-order chi connectivity index (χ0) is 21.6. The fraction of sp³-hybridized carbons (Fsp3) is 0.105. The highest BCUT2D eigenvalue weighted by Crippen LogP contribution is 2.18. The second-order valence-corrected chi connectivity index (χ2v) is 6.73. The average Bonchev–Trinajstić information content (AvgIpc) is 2.67. The number of aliphatic carboxylic acids is 1. The molecular formula is C19H16BrN3O6. The number of carboxylic acids is 1. The minimum Gasteiger partial charge on any atom is -0.480 e. The molecule has 0 heterocycles. The number of nitrogens with one attached hydrogen (secondary N) is 2. The van der Waals surface area contributed by atoms with E-state index in [1.165, 1.54) is 43.3 Å². The maximum atomic E-state index is 12.6. The Balaban J connectivity index is 2.40. The molecule has 0 aliphatic carbocycles. The van der Waals surface area contributed by atoms with Gasteiger partial charge in [0, 0.05) is 16.6 Å². The number of benzene rings is 2. The summed E-state index contributed by atoms with van der Waals surface area (Å²) in [6.45, 7) is 1.26. The van der Waals surface area contributed by atoms with Gasteiger partial charge in [-0.3, -0.25) is 24.5 Å². The Bertz CT molecular complexity index is 1000. The van der Waals surface area contributed by atoms with Gasteiger partial charge in [0.2, 0.25) is 0 Å². The van der Waals surface area contributed by atoms with Crippen LogP contribution in [0.4, 0.5) is 5.69 Å². The third kappa shape index (κ3) is 5.98. The van der Waals surface area contributed by atoms with E-state index < -0.39 is 28.7 Å². The van der Waals surface area contributed by atoms with Crippen molar-refractivity contribution in [1.29, 1.82) is 0 Å². The van der Waals surface area contributed by atoms with Crippen molar-refractivity contribution in [3.05, 3.63) is 79.9 Å². The van der Waals surface area contributed by atoms with Crippen LogP contribution in [0, 0.1) is 10.1 Å². The molecule has 0 radical (unpaired) electrons. The summed E-state index contributed by atoms with van der Waals surface area (Å²) >= 11 is 3.24. The molecule has 1 atom stereocenters. The molecule has 9 nitrogen and oxygen atoms in total.